The van der Waals surface area contributed by atoms with Crippen molar-refractivity contribution >= 4 is 41.4 Å². The first kappa shape index (κ1) is 41.1. The van der Waals surface area contributed by atoms with Crippen molar-refractivity contribution in [1.29, 1.82) is 0 Å². The second-order valence-electron chi connectivity index (χ2n) is 14.8. The Kier molecular flexibility index (Phi) is 13.9. The third-order valence-corrected chi connectivity index (χ3v) is 10.8. The minimum atomic E-state index is -1.35. The van der Waals surface area contributed by atoms with Gasteiger partial charge in [0.25, 0.3) is 0 Å². The van der Waals surface area contributed by atoms with Crippen LogP contribution in [0.1, 0.15) is 79.2 Å². The van der Waals surface area contributed by atoms with E-state index in [-0.39, 0.29) is 31.3 Å². The zero-order valence-corrected chi connectivity index (χ0v) is 32.2. The van der Waals surface area contributed by atoms with E-state index in [2.05, 4.69) is 16.0 Å². The third-order valence-electron chi connectivity index (χ3n) is 10.8. The molecule has 8 atom stereocenters. The maximum Gasteiger partial charge on any atom is 0.329 e. The summed E-state index contributed by atoms with van der Waals surface area (Å²) in [5.41, 5.74) is 0.691. The number of hydrogen-bond acceptors (Lipinski definition) is 9. The Hall–Kier alpha value is -4.69. The number of carbonyl (C=O) groups excluding carboxylic acids is 7. The van der Waals surface area contributed by atoms with Crippen LogP contribution in [0.3, 0.4) is 0 Å². The topological polar surface area (TPSA) is 184 Å². The third kappa shape index (κ3) is 9.46. The number of esters is 1. The molecule has 0 aliphatic carbocycles. The number of ether oxygens (including phenoxy) is 2. The molecule has 6 amide bonds. The average molecular weight is 741 g/mol. The molecule has 3 N–H and O–H groups in total. The van der Waals surface area contributed by atoms with Gasteiger partial charge in [-0.15, -0.1) is 0 Å². The lowest BCUT2D eigenvalue weighted by Crippen LogP contribution is -2.61. The van der Waals surface area contributed by atoms with E-state index in [4.69, 9.17) is 9.47 Å². The summed E-state index contributed by atoms with van der Waals surface area (Å²) in [5.74, 6) is -4.09. The highest BCUT2D eigenvalue weighted by Crippen LogP contribution is 2.26. The van der Waals surface area contributed by atoms with E-state index in [1.807, 2.05) is 13.8 Å². The van der Waals surface area contributed by atoms with Crippen molar-refractivity contribution in [3.63, 3.8) is 0 Å². The van der Waals surface area contributed by atoms with Gasteiger partial charge in [0.1, 0.15) is 48.1 Å². The van der Waals surface area contributed by atoms with Crippen molar-refractivity contribution in [3.05, 3.63) is 29.8 Å². The molecule has 1 aromatic rings. The van der Waals surface area contributed by atoms with Crippen molar-refractivity contribution in [3.8, 4) is 5.75 Å². The number of likely N-dealkylation sites (N-methyl/N-ethyl adjacent to an activating group) is 1. The van der Waals surface area contributed by atoms with Crippen LogP contribution < -0.4 is 20.7 Å². The van der Waals surface area contributed by atoms with E-state index in [1.165, 1.54) is 42.7 Å². The zero-order valence-electron chi connectivity index (χ0n) is 32.2. The van der Waals surface area contributed by atoms with Crippen LogP contribution in [0.15, 0.2) is 24.3 Å². The lowest BCUT2D eigenvalue weighted by molar-refractivity contribution is -0.163. The zero-order chi connectivity index (χ0) is 39.1. The summed E-state index contributed by atoms with van der Waals surface area (Å²) < 4.78 is 11.2. The van der Waals surface area contributed by atoms with Crippen LogP contribution in [0, 0.1) is 11.8 Å². The molecule has 53 heavy (non-hydrogen) atoms. The molecule has 3 fully saturated rings. The summed E-state index contributed by atoms with van der Waals surface area (Å²) in [4.78, 5) is 101. The molecule has 3 aliphatic heterocycles. The van der Waals surface area contributed by atoms with Gasteiger partial charge in [-0.05, 0) is 62.1 Å². The van der Waals surface area contributed by atoms with Crippen molar-refractivity contribution in [2.24, 2.45) is 11.8 Å². The fraction of sp³-hybridized carbons (Fsp3) is 0.658. The summed E-state index contributed by atoms with van der Waals surface area (Å²) >= 11 is 0. The Bertz CT molecular complexity index is 1530. The van der Waals surface area contributed by atoms with Gasteiger partial charge in [0.2, 0.25) is 35.4 Å². The highest BCUT2D eigenvalue weighted by molar-refractivity contribution is 5.97. The molecule has 292 valence electrons. The van der Waals surface area contributed by atoms with Gasteiger partial charge < -0.3 is 40.1 Å². The highest BCUT2D eigenvalue weighted by Gasteiger charge is 2.45. The smallest absolute Gasteiger partial charge is 0.329 e. The quantitative estimate of drug-likeness (QED) is 0.346. The normalized spacial score (nSPS) is 28.6. The van der Waals surface area contributed by atoms with Crippen molar-refractivity contribution in [2.75, 3.05) is 27.2 Å². The van der Waals surface area contributed by atoms with Crippen LogP contribution in [0.5, 0.6) is 5.75 Å². The molecule has 0 aromatic heterocycles. The molecule has 15 nitrogen and oxygen atoms in total. The second-order valence-corrected chi connectivity index (χ2v) is 14.8. The lowest BCUT2D eigenvalue weighted by atomic mass is 9.95. The van der Waals surface area contributed by atoms with E-state index < -0.39 is 83.8 Å². The molecule has 3 heterocycles. The number of carbonyl (C=O) groups is 7. The fourth-order valence-electron chi connectivity index (χ4n) is 7.34. The molecule has 0 spiro atoms. The number of benzene rings is 1. The molecule has 3 saturated heterocycles. The molecule has 1 aromatic carbocycles. The maximum atomic E-state index is 14.3. The van der Waals surface area contributed by atoms with Crippen LogP contribution >= 0.6 is 0 Å². The van der Waals surface area contributed by atoms with Gasteiger partial charge >= 0.3 is 5.97 Å². The number of nitrogens with zero attached hydrogens (tertiary/aromatic N) is 3. The van der Waals surface area contributed by atoms with Crippen molar-refractivity contribution in [2.45, 2.75) is 122 Å². The van der Waals surface area contributed by atoms with Gasteiger partial charge in [-0.3, -0.25) is 28.8 Å². The largest absolute Gasteiger partial charge is 0.497 e. The molecule has 4 rings (SSSR count). The predicted molar refractivity (Wildman–Crippen MR) is 194 cm³/mol. The molecule has 3 aliphatic rings. The summed E-state index contributed by atoms with van der Waals surface area (Å²) in [6, 6.07) is 0.551. The Morgan fingerprint density at radius 3 is 2.04 bits per heavy atom. The van der Waals surface area contributed by atoms with Gasteiger partial charge in [0, 0.05) is 33.5 Å². The van der Waals surface area contributed by atoms with Crippen LogP contribution in [-0.2, 0) is 44.7 Å². The van der Waals surface area contributed by atoms with E-state index in [1.54, 1.807) is 38.1 Å². The number of nitrogens with one attached hydrogen (secondary N) is 3. The van der Waals surface area contributed by atoms with Gasteiger partial charge in [-0.25, -0.2) is 4.79 Å². The Morgan fingerprint density at radius 1 is 0.887 bits per heavy atom. The molecule has 0 saturated carbocycles. The van der Waals surface area contributed by atoms with E-state index in [9.17, 15) is 33.6 Å². The van der Waals surface area contributed by atoms with E-state index in [0.717, 1.165) is 0 Å². The second kappa shape index (κ2) is 17.9. The monoisotopic (exact) mass is 740 g/mol. The summed E-state index contributed by atoms with van der Waals surface area (Å²) in [6.45, 7) is 10.5. The first-order valence-electron chi connectivity index (χ1n) is 18.7. The Morgan fingerprint density at radius 2 is 1.47 bits per heavy atom. The summed E-state index contributed by atoms with van der Waals surface area (Å²) in [6.07, 6.45) is 1.04. The predicted octanol–water partition coefficient (Wildman–Crippen LogP) is 1.17. The van der Waals surface area contributed by atoms with Crippen LogP contribution in [0.2, 0.25) is 0 Å². The van der Waals surface area contributed by atoms with E-state index >= 15 is 0 Å². The molecule has 0 bridgehead atoms. The number of cyclic esters (lactones) is 1. The molecule has 0 unspecified atom stereocenters. The summed E-state index contributed by atoms with van der Waals surface area (Å²) in [7, 11) is 3.01. The van der Waals surface area contributed by atoms with Crippen molar-refractivity contribution < 1.29 is 43.0 Å². The standard InChI is InChI=1S/C38H56N6O9/c1-9-22(4)31-34(47)40-30(21(2)3)36(49)44-19-11-13-28(44)35(48)42(7)29(20-25-14-16-26(52-8)17-15-25)38(51)53-23(5)32(39-24(6)45)37(50)43-18-10-12-27(43)33(46)41-31/h14-17,21-23,27-32H,9-13,18-20H2,1-8H3,(H,39,45)(H,40,47)(H,41,46)/t22-,23+,27+,28+,29+,30+,31-,32-/m0/s1. The van der Waals surface area contributed by atoms with Crippen LogP contribution in [0.25, 0.3) is 0 Å². The molecular weight excluding hydrogens is 684 g/mol. The van der Waals surface area contributed by atoms with Gasteiger partial charge in [0.15, 0.2) is 0 Å². The Balaban J connectivity index is 1.80. The van der Waals surface area contributed by atoms with Gasteiger partial charge in [0.05, 0.1) is 7.11 Å². The number of rotatable bonds is 7. The molecule has 15 heteroatoms. The SMILES string of the molecule is CC[C@H](C)[C@@H]1NC(=O)[C@H]2CCCN2C(=O)[C@@H](NC(C)=O)[C@@H](C)OC(=O)[C@@H](Cc2ccc(OC)cc2)N(C)C(=O)[C@H]2CCCN2C(=O)[C@@H](C(C)C)NC1=O. The lowest BCUT2D eigenvalue weighted by Gasteiger charge is -2.35. The minimum Gasteiger partial charge on any atom is -0.497 e. The van der Waals surface area contributed by atoms with Crippen LogP contribution in [0.4, 0.5) is 0 Å². The molecular formula is C38H56N6O9. The van der Waals surface area contributed by atoms with Crippen molar-refractivity contribution in [1.82, 2.24) is 30.7 Å². The average Bonchev–Trinajstić information content (AvgIpc) is 3.83. The number of amides is 6. The van der Waals surface area contributed by atoms with Gasteiger partial charge in [-0.1, -0.05) is 46.2 Å². The first-order valence-corrected chi connectivity index (χ1v) is 18.7. The summed E-state index contributed by atoms with van der Waals surface area (Å²) in [5, 5.41) is 8.35. The van der Waals surface area contributed by atoms with Gasteiger partial charge in [-0.2, -0.15) is 0 Å². The van der Waals surface area contributed by atoms with E-state index in [0.29, 0.717) is 43.4 Å². The number of hydrogen-bond donors (Lipinski definition) is 3. The fourth-order valence-corrected chi connectivity index (χ4v) is 7.34. The highest BCUT2D eigenvalue weighted by atomic mass is 16.5. The van der Waals surface area contributed by atoms with Crippen LogP contribution in [-0.4, -0.2) is 126 Å². The molecule has 0 radical (unpaired) electrons. The number of fused-ring (bicyclic) bond motifs is 2. The first-order chi connectivity index (χ1) is 25.1. The number of methoxy groups -OCH3 is 1. The minimum absolute atomic E-state index is 0.0350. The Labute approximate surface area is 311 Å². The maximum absolute atomic E-state index is 14.3.